The Hall–Kier alpha value is -1.24. The van der Waals surface area contributed by atoms with Crippen molar-refractivity contribution in [3.05, 3.63) is 30.6 Å². The second-order valence-corrected chi connectivity index (χ2v) is 4.02. The maximum absolute atomic E-state index is 8.81. The summed E-state index contributed by atoms with van der Waals surface area (Å²) in [7, 11) is -1.81. The number of hydrogen-bond donors (Lipinski definition) is 2. The van der Waals surface area contributed by atoms with Crippen LogP contribution in [0.25, 0.3) is 10.8 Å². The summed E-state index contributed by atoms with van der Waals surface area (Å²) in [4.78, 5) is 4.85. The number of fused-ring (bicyclic) bond motifs is 1. The summed E-state index contributed by atoms with van der Waals surface area (Å²) in [5.41, 5.74) is 0. The zero-order valence-electron chi connectivity index (χ0n) is 8.62. The Labute approximate surface area is 97.5 Å². The van der Waals surface area contributed by atoms with E-state index in [4.69, 9.17) is 14.7 Å². The van der Waals surface area contributed by atoms with Crippen LogP contribution in [0.5, 0.6) is 5.75 Å². The minimum atomic E-state index is -1.81. The molecule has 0 aliphatic rings. The van der Waals surface area contributed by atoms with Crippen LogP contribution in [0.15, 0.2) is 35.5 Å². The maximum atomic E-state index is 8.81. The summed E-state index contributed by atoms with van der Waals surface area (Å²) in [5, 5.41) is 19.6. The number of rotatable bonds is 3. The normalized spacial score (nSPS) is 10.4. The van der Waals surface area contributed by atoms with Gasteiger partial charge in [0.05, 0.1) is 0 Å². The zero-order chi connectivity index (χ0) is 11.5. The van der Waals surface area contributed by atoms with Crippen molar-refractivity contribution in [3.63, 3.8) is 0 Å². The van der Waals surface area contributed by atoms with Crippen molar-refractivity contribution in [2.24, 2.45) is 0 Å². The van der Waals surface area contributed by atoms with E-state index in [0.29, 0.717) is 5.75 Å². The summed E-state index contributed by atoms with van der Waals surface area (Å²) >= 11 is 1.48. The van der Waals surface area contributed by atoms with Crippen LogP contribution >= 0.6 is 11.8 Å². The van der Waals surface area contributed by atoms with Gasteiger partial charge in [0.1, 0.15) is 5.75 Å². The molecular weight excluding hydrogens is 225 g/mol. The Balaban J connectivity index is 2.53. The molecule has 1 aromatic heterocycles. The van der Waals surface area contributed by atoms with Gasteiger partial charge in [0.2, 0.25) is 0 Å². The molecule has 6 heteroatoms. The molecule has 0 saturated carbocycles. The summed E-state index contributed by atoms with van der Waals surface area (Å²) in [6, 6.07) is 5.57. The molecule has 0 aliphatic carbocycles. The molecule has 0 bridgehead atoms. The SMILES string of the molecule is CSc1cc2ccncc2cc1OB(O)O. The fourth-order valence-corrected chi connectivity index (χ4v) is 2.01. The average Bonchev–Trinajstić information content (AvgIpc) is 2.27. The topological polar surface area (TPSA) is 62.6 Å². The van der Waals surface area contributed by atoms with Gasteiger partial charge in [-0.2, -0.15) is 0 Å². The van der Waals surface area contributed by atoms with Crippen molar-refractivity contribution in [1.29, 1.82) is 0 Å². The lowest BCUT2D eigenvalue weighted by atomic mass is 10.1. The van der Waals surface area contributed by atoms with Gasteiger partial charge in [0, 0.05) is 22.7 Å². The Morgan fingerprint density at radius 3 is 2.81 bits per heavy atom. The van der Waals surface area contributed by atoms with E-state index >= 15 is 0 Å². The molecule has 0 fully saturated rings. The van der Waals surface area contributed by atoms with E-state index in [1.54, 1.807) is 18.5 Å². The second kappa shape index (κ2) is 4.73. The molecule has 2 rings (SSSR count). The monoisotopic (exact) mass is 235 g/mol. The molecule has 2 N–H and O–H groups in total. The van der Waals surface area contributed by atoms with Crippen molar-refractivity contribution < 1.29 is 14.7 Å². The first-order valence-electron chi connectivity index (χ1n) is 4.65. The van der Waals surface area contributed by atoms with Crippen molar-refractivity contribution >= 4 is 29.9 Å². The van der Waals surface area contributed by atoms with Crippen LogP contribution in [0.4, 0.5) is 0 Å². The summed E-state index contributed by atoms with van der Waals surface area (Å²) in [5.74, 6) is 0.447. The van der Waals surface area contributed by atoms with Crippen molar-refractivity contribution in [2.75, 3.05) is 6.26 Å². The summed E-state index contributed by atoms with van der Waals surface area (Å²) in [6.07, 6.45) is 5.32. The number of nitrogens with zero attached hydrogens (tertiary/aromatic N) is 1. The largest absolute Gasteiger partial charge is 0.707 e. The second-order valence-electron chi connectivity index (χ2n) is 3.17. The Bertz CT molecular complexity index is 506. The van der Waals surface area contributed by atoms with Crippen molar-refractivity contribution in [2.45, 2.75) is 4.90 Å². The number of aromatic nitrogens is 1. The van der Waals surface area contributed by atoms with Crippen LogP contribution < -0.4 is 4.65 Å². The molecule has 0 radical (unpaired) electrons. The van der Waals surface area contributed by atoms with E-state index in [0.717, 1.165) is 15.7 Å². The van der Waals surface area contributed by atoms with Crippen LogP contribution in [0.1, 0.15) is 0 Å². The minimum absolute atomic E-state index is 0.447. The van der Waals surface area contributed by atoms with E-state index < -0.39 is 7.32 Å². The maximum Gasteiger partial charge on any atom is 0.707 e. The fraction of sp³-hybridized carbons (Fsp3) is 0.100. The smallest absolute Gasteiger partial charge is 0.511 e. The molecule has 0 unspecified atom stereocenters. The van der Waals surface area contributed by atoms with Gasteiger partial charge in [-0.25, -0.2) is 0 Å². The lowest BCUT2D eigenvalue weighted by molar-refractivity contribution is 0.285. The van der Waals surface area contributed by atoms with Gasteiger partial charge >= 0.3 is 7.32 Å². The van der Waals surface area contributed by atoms with Crippen LogP contribution in [-0.2, 0) is 0 Å². The Morgan fingerprint density at radius 2 is 2.12 bits per heavy atom. The molecule has 0 spiro atoms. The van der Waals surface area contributed by atoms with E-state index in [1.807, 2.05) is 18.4 Å². The molecule has 0 amide bonds. The van der Waals surface area contributed by atoms with Gasteiger partial charge in [-0.05, 0) is 29.8 Å². The lowest BCUT2D eigenvalue weighted by Gasteiger charge is -2.10. The third kappa shape index (κ3) is 2.29. The van der Waals surface area contributed by atoms with Crippen LogP contribution in [-0.4, -0.2) is 28.6 Å². The highest BCUT2D eigenvalue weighted by Gasteiger charge is 2.14. The van der Waals surface area contributed by atoms with Crippen LogP contribution in [0.2, 0.25) is 0 Å². The Kier molecular flexibility index (Phi) is 3.33. The highest BCUT2D eigenvalue weighted by molar-refractivity contribution is 7.98. The highest BCUT2D eigenvalue weighted by atomic mass is 32.2. The van der Waals surface area contributed by atoms with Gasteiger partial charge in [-0.1, -0.05) is 0 Å². The quantitative estimate of drug-likeness (QED) is 0.620. The van der Waals surface area contributed by atoms with E-state index in [2.05, 4.69) is 4.98 Å². The highest BCUT2D eigenvalue weighted by Crippen LogP contribution is 2.32. The summed E-state index contributed by atoms with van der Waals surface area (Å²) in [6.45, 7) is 0. The zero-order valence-corrected chi connectivity index (χ0v) is 9.44. The fourth-order valence-electron chi connectivity index (χ4n) is 1.46. The molecular formula is C10H10BNO3S. The molecule has 0 saturated heterocycles. The molecule has 0 aliphatic heterocycles. The number of hydrogen-bond acceptors (Lipinski definition) is 5. The minimum Gasteiger partial charge on any atom is -0.511 e. The molecule has 2 aromatic rings. The first-order valence-corrected chi connectivity index (χ1v) is 5.88. The lowest BCUT2D eigenvalue weighted by Crippen LogP contribution is -2.20. The van der Waals surface area contributed by atoms with Gasteiger partial charge in [0.25, 0.3) is 0 Å². The van der Waals surface area contributed by atoms with E-state index in [-0.39, 0.29) is 0 Å². The third-order valence-electron chi connectivity index (χ3n) is 2.16. The molecule has 0 atom stereocenters. The molecule has 16 heavy (non-hydrogen) atoms. The molecule has 1 heterocycles. The number of benzene rings is 1. The van der Waals surface area contributed by atoms with Gasteiger partial charge in [-0.15, -0.1) is 11.8 Å². The van der Waals surface area contributed by atoms with E-state index in [9.17, 15) is 0 Å². The standard InChI is InChI=1S/C10H10BNO3S/c1-16-10-5-7-2-3-12-6-8(7)4-9(10)15-11(13)14/h2-6,13-14H,1H3. The number of pyridine rings is 1. The summed E-state index contributed by atoms with van der Waals surface area (Å²) < 4.78 is 4.91. The first kappa shape index (κ1) is 11.3. The van der Waals surface area contributed by atoms with Crippen molar-refractivity contribution in [3.8, 4) is 5.75 Å². The number of thioether (sulfide) groups is 1. The van der Waals surface area contributed by atoms with Crippen LogP contribution in [0, 0.1) is 0 Å². The average molecular weight is 235 g/mol. The van der Waals surface area contributed by atoms with Gasteiger partial charge in [0.15, 0.2) is 0 Å². The van der Waals surface area contributed by atoms with Crippen LogP contribution in [0.3, 0.4) is 0 Å². The molecule has 1 aromatic carbocycles. The predicted octanol–water partition coefficient (Wildman–Crippen LogP) is 1.30. The van der Waals surface area contributed by atoms with E-state index in [1.165, 1.54) is 11.8 Å². The third-order valence-corrected chi connectivity index (χ3v) is 2.91. The molecule has 82 valence electrons. The van der Waals surface area contributed by atoms with Gasteiger partial charge < -0.3 is 14.7 Å². The predicted molar refractivity (Wildman–Crippen MR) is 64.3 cm³/mol. The van der Waals surface area contributed by atoms with Crippen molar-refractivity contribution in [1.82, 2.24) is 4.98 Å². The first-order chi connectivity index (χ1) is 7.70. The van der Waals surface area contributed by atoms with Gasteiger partial charge in [-0.3, -0.25) is 4.98 Å². The molecule has 4 nitrogen and oxygen atoms in total. The Morgan fingerprint density at radius 1 is 1.31 bits per heavy atom.